The first-order valence-electron chi connectivity index (χ1n) is 8.79. The van der Waals surface area contributed by atoms with E-state index in [1.165, 1.54) is 12.9 Å². The van der Waals surface area contributed by atoms with Crippen LogP contribution in [0.25, 0.3) is 0 Å². The third-order valence-corrected chi connectivity index (χ3v) is 12.1. The summed E-state index contributed by atoms with van der Waals surface area (Å²) in [7, 11) is 0. The molecule has 0 spiro atoms. The van der Waals surface area contributed by atoms with Gasteiger partial charge in [0, 0.05) is 22.2 Å². The van der Waals surface area contributed by atoms with Crippen LogP contribution in [0.15, 0.2) is 83.6 Å². The number of carbonyl (C=O) groups is 1. The van der Waals surface area contributed by atoms with Crippen molar-refractivity contribution in [1.29, 1.82) is 0 Å². The molecule has 0 radical (unpaired) electrons. The molecule has 0 N–H and O–H groups in total. The molecule has 0 aliphatic rings. The zero-order chi connectivity index (χ0) is 24.3. The standard InChI is InChI=1S/2C10H7ClIS.C2HF3O2.ClH/c2*11-8-3-5-9(6-4-8)12-10-2-1-7-13-10;3-2(4,5)1(6)7;/h2*1-7H;(H,6,7);1H/q2*+1;;/p-2. The number of hydrogen-bond donors (Lipinski definition) is 0. The summed E-state index contributed by atoms with van der Waals surface area (Å²) in [6.45, 7) is 0. The van der Waals surface area contributed by atoms with Gasteiger partial charge in [0.2, 0.25) is 5.77 Å². The van der Waals surface area contributed by atoms with Gasteiger partial charge in [0.05, 0.1) is 0 Å². The maximum atomic E-state index is 10.5. The first-order chi connectivity index (χ1) is 15.6. The van der Waals surface area contributed by atoms with Gasteiger partial charge < -0.3 is 22.3 Å². The second-order valence-corrected chi connectivity index (χ2v) is 15.8. The maximum Gasteiger partial charge on any atom is 0.430 e. The molecule has 12 heteroatoms. The lowest BCUT2D eigenvalue weighted by molar-refractivity contribution is -0.591. The molecule has 0 atom stereocenters. The lowest BCUT2D eigenvalue weighted by Crippen LogP contribution is -3.61. The summed E-state index contributed by atoms with van der Waals surface area (Å²) < 4.78 is 37.4. The normalized spacial score (nSPS) is 10.1. The van der Waals surface area contributed by atoms with Crippen LogP contribution in [0.2, 0.25) is 10.0 Å². The van der Waals surface area contributed by atoms with Gasteiger partial charge in [0.15, 0.2) is 7.14 Å². The quantitative estimate of drug-likeness (QED) is 0.213. The Morgan fingerprint density at radius 2 is 1.06 bits per heavy atom. The topological polar surface area (TPSA) is 40.1 Å². The number of halogens is 8. The fourth-order valence-electron chi connectivity index (χ4n) is 1.82. The van der Waals surface area contributed by atoms with Crippen molar-refractivity contribution in [1.82, 2.24) is 0 Å². The molecule has 0 aliphatic heterocycles. The van der Waals surface area contributed by atoms with Gasteiger partial charge >= 0.3 is 48.6 Å². The molecule has 2 aromatic heterocycles. The Morgan fingerprint density at radius 1 is 0.735 bits per heavy atom. The number of aliphatic carboxylic acids is 1. The summed E-state index contributed by atoms with van der Waals surface area (Å²) >= 11 is 15.3. The second-order valence-electron chi connectivity index (χ2n) is 5.68. The smallest absolute Gasteiger partial charge is 0.430 e. The number of alkyl halides is 3. The van der Waals surface area contributed by atoms with Gasteiger partial charge in [0.1, 0.15) is 5.97 Å². The van der Waals surface area contributed by atoms with E-state index in [2.05, 4.69) is 59.3 Å². The van der Waals surface area contributed by atoms with Gasteiger partial charge in [-0.05, 0) is 71.4 Å². The van der Waals surface area contributed by atoms with E-state index in [4.69, 9.17) is 33.1 Å². The van der Waals surface area contributed by atoms with Crippen LogP contribution >= 0.6 is 45.9 Å². The Morgan fingerprint density at radius 3 is 1.29 bits per heavy atom. The van der Waals surface area contributed by atoms with Crippen molar-refractivity contribution in [3.05, 3.63) is 107 Å². The second kappa shape index (κ2) is 16.2. The van der Waals surface area contributed by atoms with Gasteiger partial charge in [-0.3, -0.25) is 0 Å². The van der Waals surface area contributed by atoms with Gasteiger partial charge in [0.25, 0.3) is 0 Å². The van der Waals surface area contributed by atoms with E-state index in [1.807, 2.05) is 46.9 Å². The van der Waals surface area contributed by atoms with Crippen molar-refractivity contribution >= 4 is 51.8 Å². The number of benzene rings is 2. The average Bonchev–Trinajstić information content (AvgIpc) is 3.46. The summed E-state index contributed by atoms with van der Waals surface area (Å²) in [4.78, 5) is 8.78. The highest BCUT2D eigenvalue weighted by Crippen LogP contribution is 2.11. The molecule has 4 rings (SSSR count). The highest BCUT2D eigenvalue weighted by molar-refractivity contribution is 7.07. The molecule has 2 nitrogen and oxygen atoms in total. The van der Waals surface area contributed by atoms with Crippen LogP contribution in [0.5, 0.6) is 0 Å². The molecule has 182 valence electrons. The van der Waals surface area contributed by atoms with E-state index in [1.54, 1.807) is 0 Å². The summed E-state index contributed by atoms with van der Waals surface area (Å²) in [6.07, 6.45) is -5.19. The molecule has 0 saturated carbocycles. The predicted molar refractivity (Wildman–Crippen MR) is 117 cm³/mol. The Bertz CT molecular complexity index is 1010. The van der Waals surface area contributed by atoms with E-state index in [0.717, 1.165) is 10.0 Å². The molecule has 0 bridgehead atoms. The van der Waals surface area contributed by atoms with E-state index in [9.17, 15) is 13.2 Å². The van der Waals surface area contributed by atoms with Gasteiger partial charge in [-0.1, -0.05) is 45.9 Å². The summed E-state index contributed by atoms with van der Waals surface area (Å²) in [6, 6.07) is 24.9. The number of carboxylic acid groups (broad SMARTS) is 1. The lowest BCUT2D eigenvalue weighted by atomic mass is 10.4. The van der Waals surface area contributed by atoms with Crippen molar-refractivity contribution in [3.63, 3.8) is 0 Å². The molecule has 0 amide bonds. The van der Waals surface area contributed by atoms with Crippen molar-refractivity contribution in [2.24, 2.45) is 0 Å². The Kier molecular flexibility index (Phi) is 15.0. The largest absolute Gasteiger partial charge is 1.00 e. The minimum atomic E-state index is -5.19. The zero-order valence-electron chi connectivity index (χ0n) is 16.7. The minimum absolute atomic E-state index is 0. The number of carboxylic acids is 1. The summed E-state index contributed by atoms with van der Waals surface area (Å²) in [5.74, 6) is -3.01. The van der Waals surface area contributed by atoms with Crippen LogP contribution in [-0.2, 0) is 4.79 Å². The van der Waals surface area contributed by atoms with Gasteiger partial charge in [-0.25, -0.2) is 0 Å². The van der Waals surface area contributed by atoms with Crippen LogP contribution in [0.3, 0.4) is 0 Å². The van der Waals surface area contributed by atoms with Crippen LogP contribution in [0.4, 0.5) is 13.2 Å². The molecule has 4 aromatic rings. The monoisotopic (exact) mass is 790 g/mol. The van der Waals surface area contributed by atoms with Crippen molar-refractivity contribution < 1.29 is 77.9 Å². The molecule has 0 unspecified atom stereocenters. The third kappa shape index (κ3) is 12.9. The summed E-state index contributed by atoms with van der Waals surface area (Å²) in [5, 5.41) is 14.7. The van der Waals surface area contributed by atoms with Gasteiger partial charge in [-0.2, -0.15) is 13.2 Å². The Balaban J connectivity index is 0.000000264. The molecule has 2 heterocycles. The highest BCUT2D eigenvalue weighted by atomic mass is 127. The van der Waals surface area contributed by atoms with E-state index >= 15 is 0 Å². The first kappa shape index (κ1) is 31.5. The van der Waals surface area contributed by atoms with E-state index < -0.39 is 12.1 Å². The van der Waals surface area contributed by atoms with E-state index in [-0.39, 0.29) is 54.8 Å². The van der Waals surface area contributed by atoms with Crippen LogP contribution in [0.1, 0.15) is 0 Å². The molecule has 0 saturated heterocycles. The summed E-state index contributed by atoms with van der Waals surface area (Å²) in [5.41, 5.74) is 0. The first-order valence-corrected chi connectivity index (χ1v) is 15.6. The molecule has 0 aliphatic carbocycles. The number of carbonyl (C=O) groups excluding carboxylic acids is 1. The van der Waals surface area contributed by atoms with Crippen molar-refractivity contribution in [2.75, 3.05) is 0 Å². The average molecular weight is 792 g/mol. The number of thiophene rings is 2. The predicted octanol–water partition coefficient (Wildman–Crippen LogP) is -2.64. The van der Waals surface area contributed by atoms with Crippen LogP contribution in [-0.4, -0.2) is 12.1 Å². The molecule has 0 fully saturated rings. The zero-order valence-corrected chi connectivity index (χ0v) is 25.0. The molecular formula is C22H14Cl3F3I2O2S2. The fraction of sp³-hybridized carbons (Fsp3) is 0.0455. The SMILES string of the molecule is Clc1ccc([I+]c2cccs2)cc1.Clc1ccc([I+]c2cccs2)cc1.O=C([O-])C(F)(F)F.[Cl-]. The van der Waals surface area contributed by atoms with Crippen LogP contribution in [0, 0.1) is 12.9 Å². The molecule has 34 heavy (non-hydrogen) atoms. The van der Waals surface area contributed by atoms with Crippen molar-refractivity contribution in [2.45, 2.75) is 6.18 Å². The maximum absolute atomic E-state index is 10.5. The number of rotatable bonds is 4. The van der Waals surface area contributed by atoms with Gasteiger partial charge in [-0.15, -0.1) is 0 Å². The fourth-order valence-corrected chi connectivity index (χ4v) is 9.33. The Hall–Kier alpha value is -0.570. The molecular weight excluding hydrogens is 778 g/mol. The van der Waals surface area contributed by atoms with Crippen molar-refractivity contribution in [3.8, 4) is 0 Å². The molecule has 2 aromatic carbocycles. The van der Waals surface area contributed by atoms with Crippen LogP contribution < -0.4 is 59.9 Å². The van der Waals surface area contributed by atoms with E-state index in [0.29, 0.717) is 0 Å². The third-order valence-electron chi connectivity index (χ3n) is 3.22. The highest BCUT2D eigenvalue weighted by Gasteiger charge is 2.28. The Labute approximate surface area is 240 Å². The minimum Gasteiger partial charge on any atom is -1.00 e. The lowest BCUT2D eigenvalue weighted by Gasteiger charge is -2.03. The number of hydrogen-bond acceptors (Lipinski definition) is 4.